The van der Waals surface area contributed by atoms with Crippen molar-refractivity contribution in [1.82, 2.24) is 4.90 Å². The number of anilines is 1. The van der Waals surface area contributed by atoms with Gasteiger partial charge in [-0.2, -0.15) is 0 Å². The van der Waals surface area contributed by atoms with Crippen molar-refractivity contribution in [2.24, 2.45) is 16.8 Å². The maximum atomic E-state index is 13.6. The standard InChI is InChI=1S/C29H36ClN3O/c1-4-21(2)28(31-19-25-8-6-5-7-22(25)3)32-17-15-24(16-18-32)29(34)33(20-23-9-10-23)27-13-11-26(30)12-14-27/h5-8,11-14,19,23-24H,4,9-10,15-18,20H2,1-3H3/b28-21-,31-19-. The average molecular weight is 478 g/mol. The van der Waals surface area contributed by atoms with Gasteiger partial charge in [-0.25, -0.2) is 4.99 Å². The number of hydrogen-bond acceptors (Lipinski definition) is 3. The molecule has 0 N–H and O–H groups in total. The fraction of sp³-hybridized carbons (Fsp3) is 0.448. The van der Waals surface area contributed by atoms with Gasteiger partial charge in [0, 0.05) is 42.5 Å². The number of piperidine rings is 1. The van der Waals surface area contributed by atoms with Gasteiger partial charge in [0.25, 0.3) is 0 Å². The molecular formula is C29H36ClN3O. The van der Waals surface area contributed by atoms with Crippen molar-refractivity contribution in [3.63, 3.8) is 0 Å². The van der Waals surface area contributed by atoms with Crippen molar-refractivity contribution >= 4 is 29.4 Å². The first-order valence-electron chi connectivity index (χ1n) is 12.6. The van der Waals surface area contributed by atoms with Gasteiger partial charge in [0.2, 0.25) is 5.91 Å². The molecule has 0 bridgehead atoms. The smallest absolute Gasteiger partial charge is 0.230 e. The van der Waals surface area contributed by atoms with E-state index in [2.05, 4.69) is 49.9 Å². The summed E-state index contributed by atoms with van der Waals surface area (Å²) in [5, 5.41) is 0.702. The SMILES string of the molecule is CC/C(C)=C(/N=C\c1ccccc1C)N1CCC(C(=O)N(CC2CC2)c2ccc(Cl)cc2)CC1. The summed E-state index contributed by atoms with van der Waals surface area (Å²) in [7, 11) is 0. The van der Waals surface area contributed by atoms with Gasteiger partial charge in [0.1, 0.15) is 5.82 Å². The van der Waals surface area contributed by atoms with Gasteiger partial charge in [-0.1, -0.05) is 42.8 Å². The molecule has 0 spiro atoms. The molecule has 1 saturated carbocycles. The van der Waals surface area contributed by atoms with Gasteiger partial charge in [0.05, 0.1) is 0 Å². The Morgan fingerprint density at radius 1 is 1.09 bits per heavy atom. The molecule has 2 aromatic rings. The third-order valence-corrected chi connectivity index (χ3v) is 7.36. The number of likely N-dealkylation sites (tertiary alicyclic amines) is 1. The molecule has 5 heteroatoms. The Hall–Kier alpha value is -2.59. The number of aliphatic imine (C=N–C) groups is 1. The van der Waals surface area contributed by atoms with Crippen LogP contribution in [0.15, 0.2) is 64.9 Å². The summed E-state index contributed by atoms with van der Waals surface area (Å²) in [6.45, 7) is 8.98. The predicted octanol–water partition coefficient (Wildman–Crippen LogP) is 6.86. The number of carbonyl (C=O) groups excluding carboxylic acids is 1. The second kappa shape index (κ2) is 11.2. The molecule has 34 heavy (non-hydrogen) atoms. The highest BCUT2D eigenvalue weighted by atomic mass is 35.5. The van der Waals surface area contributed by atoms with Crippen LogP contribution in [-0.2, 0) is 4.79 Å². The minimum absolute atomic E-state index is 0.0502. The number of benzene rings is 2. The molecule has 1 aliphatic carbocycles. The number of halogens is 1. The van der Waals surface area contributed by atoms with E-state index in [0.717, 1.165) is 56.0 Å². The normalized spacial score (nSPS) is 17.7. The maximum Gasteiger partial charge on any atom is 0.230 e. The zero-order chi connectivity index (χ0) is 24.1. The Bertz CT molecular complexity index is 1050. The molecular weight excluding hydrogens is 442 g/mol. The lowest BCUT2D eigenvalue weighted by molar-refractivity contribution is -0.123. The van der Waals surface area contributed by atoms with Crippen LogP contribution in [0.2, 0.25) is 5.02 Å². The van der Waals surface area contributed by atoms with Crippen LogP contribution in [0.25, 0.3) is 0 Å². The van der Waals surface area contributed by atoms with Crippen LogP contribution >= 0.6 is 11.6 Å². The van der Waals surface area contributed by atoms with E-state index in [4.69, 9.17) is 16.6 Å². The summed E-state index contributed by atoms with van der Waals surface area (Å²) < 4.78 is 0. The zero-order valence-corrected chi connectivity index (χ0v) is 21.4. The van der Waals surface area contributed by atoms with Crippen molar-refractivity contribution < 1.29 is 4.79 Å². The lowest BCUT2D eigenvalue weighted by Gasteiger charge is -2.36. The van der Waals surface area contributed by atoms with Crippen LogP contribution in [0.3, 0.4) is 0 Å². The van der Waals surface area contributed by atoms with E-state index in [9.17, 15) is 4.79 Å². The molecule has 0 radical (unpaired) electrons. The molecule has 4 nitrogen and oxygen atoms in total. The Labute approximate surface area is 209 Å². The van der Waals surface area contributed by atoms with Gasteiger partial charge < -0.3 is 9.80 Å². The third-order valence-electron chi connectivity index (χ3n) is 7.11. The van der Waals surface area contributed by atoms with Crippen molar-refractivity contribution in [3.05, 3.63) is 76.1 Å². The number of rotatable bonds is 8. The van der Waals surface area contributed by atoms with Crippen LogP contribution in [-0.4, -0.2) is 36.7 Å². The molecule has 0 atom stereocenters. The van der Waals surface area contributed by atoms with E-state index in [1.165, 1.54) is 24.0 Å². The molecule has 2 fully saturated rings. The van der Waals surface area contributed by atoms with E-state index < -0.39 is 0 Å². The maximum absolute atomic E-state index is 13.6. The lowest BCUT2D eigenvalue weighted by Crippen LogP contribution is -2.43. The highest BCUT2D eigenvalue weighted by Crippen LogP contribution is 2.34. The number of allylic oxidation sites excluding steroid dienone is 1. The molecule has 0 aromatic heterocycles. The molecule has 1 heterocycles. The van der Waals surface area contributed by atoms with Gasteiger partial charge in [0.15, 0.2) is 0 Å². The van der Waals surface area contributed by atoms with E-state index in [0.29, 0.717) is 10.9 Å². The van der Waals surface area contributed by atoms with E-state index >= 15 is 0 Å². The molecule has 2 aromatic carbocycles. The Morgan fingerprint density at radius 3 is 2.38 bits per heavy atom. The lowest BCUT2D eigenvalue weighted by atomic mass is 9.94. The molecule has 0 unspecified atom stereocenters. The summed E-state index contributed by atoms with van der Waals surface area (Å²) in [5.41, 5.74) is 4.62. The number of carbonyl (C=O) groups is 1. The number of amides is 1. The summed E-state index contributed by atoms with van der Waals surface area (Å²) in [6.07, 6.45) is 7.10. The van der Waals surface area contributed by atoms with Crippen LogP contribution in [0, 0.1) is 18.8 Å². The zero-order valence-electron chi connectivity index (χ0n) is 20.6. The first-order valence-corrected chi connectivity index (χ1v) is 13.0. The highest BCUT2D eigenvalue weighted by molar-refractivity contribution is 6.30. The van der Waals surface area contributed by atoms with Crippen molar-refractivity contribution in [2.45, 2.75) is 52.9 Å². The van der Waals surface area contributed by atoms with Crippen LogP contribution in [0.4, 0.5) is 5.69 Å². The van der Waals surface area contributed by atoms with Crippen molar-refractivity contribution in [3.8, 4) is 0 Å². The minimum atomic E-state index is 0.0502. The summed E-state index contributed by atoms with van der Waals surface area (Å²) >= 11 is 6.09. The molecule has 180 valence electrons. The molecule has 1 amide bonds. The first kappa shape index (κ1) is 24.5. The fourth-order valence-electron chi connectivity index (χ4n) is 4.54. The fourth-order valence-corrected chi connectivity index (χ4v) is 4.67. The number of nitrogens with zero attached hydrogens (tertiary/aromatic N) is 3. The highest BCUT2D eigenvalue weighted by Gasteiger charge is 2.33. The Morgan fingerprint density at radius 2 is 1.76 bits per heavy atom. The monoisotopic (exact) mass is 477 g/mol. The van der Waals surface area contributed by atoms with Gasteiger partial charge >= 0.3 is 0 Å². The Balaban J connectivity index is 1.45. The minimum Gasteiger partial charge on any atom is -0.357 e. The van der Waals surface area contributed by atoms with Gasteiger partial charge in [-0.3, -0.25) is 4.79 Å². The van der Waals surface area contributed by atoms with Crippen LogP contribution in [0.5, 0.6) is 0 Å². The molecule has 1 aliphatic heterocycles. The summed E-state index contributed by atoms with van der Waals surface area (Å²) in [6, 6.07) is 16.0. The third kappa shape index (κ3) is 6.09. The van der Waals surface area contributed by atoms with E-state index in [-0.39, 0.29) is 11.8 Å². The largest absolute Gasteiger partial charge is 0.357 e. The van der Waals surface area contributed by atoms with Crippen LogP contribution < -0.4 is 4.90 Å². The van der Waals surface area contributed by atoms with Gasteiger partial charge in [-0.15, -0.1) is 0 Å². The molecule has 2 aliphatic rings. The Kier molecular flexibility index (Phi) is 8.10. The molecule has 4 rings (SSSR count). The predicted molar refractivity (Wildman–Crippen MR) is 143 cm³/mol. The van der Waals surface area contributed by atoms with Crippen molar-refractivity contribution in [2.75, 3.05) is 24.5 Å². The second-order valence-corrected chi connectivity index (χ2v) is 10.1. The first-order chi connectivity index (χ1) is 16.5. The average Bonchev–Trinajstić information content (AvgIpc) is 3.68. The summed E-state index contributed by atoms with van der Waals surface area (Å²) in [5.74, 6) is 2.01. The van der Waals surface area contributed by atoms with E-state index in [1.54, 1.807) is 0 Å². The number of aryl methyl sites for hydroxylation is 1. The van der Waals surface area contributed by atoms with E-state index in [1.807, 2.05) is 35.4 Å². The topological polar surface area (TPSA) is 35.9 Å². The van der Waals surface area contributed by atoms with Gasteiger partial charge in [-0.05, 0) is 92.8 Å². The number of hydrogen-bond donors (Lipinski definition) is 0. The molecule has 1 saturated heterocycles. The second-order valence-electron chi connectivity index (χ2n) is 9.70. The summed E-state index contributed by atoms with van der Waals surface area (Å²) in [4.78, 5) is 22.9. The van der Waals surface area contributed by atoms with Crippen molar-refractivity contribution in [1.29, 1.82) is 0 Å². The quantitative estimate of drug-likeness (QED) is 0.389. The van der Waals surface area contributed by atoms with Crippen LogP contribution in [0.1, 0.15) is 57.1 Å².